The zero-order valence-electron chi connectivity index (χ0n) is 21.0. The number of amides is 2. The number of rotatable bonds is 8. The number of nitrogens with zero attached hydrogens (tertiary/aromatic N) is 4. The van der Waals surface area contributed by atoms with Crippen molar-refractivity contribution in [1.82, 2.24) is 25.3 Å². The van der Waals surface area contributed by atoms with Crippen LogP contribution < -0.4 is 15.4 Å². The molecular weight excluding hydrogens is 558 g/mol. The first kappa shape index (κ1) is 29.0. The molecule has 0 bridgehead atoms. The van der Waals surface area contributed by atoms with Crippen LogP contribution in [-0.4, -0.2) is 38.3 Å². The van der Waals surface area contributed by atoms with E-state index in [1.165, 1.54) is 42.6 Å². The molecule has 0 saturated carbocycles. The van der Waals surface area contributed by atoms with Gasteiger partial charge in [0.15, 0.2) is 11.4 Å². The third kappa shape index (κ3) is 6.80. The van der Waals surface area contributed by atoms with Crippen LogP contribution in [-0.2, 0) is 12.4 Å². The largest absolute Gasteiger partial charge is 0.457 e. The van der Waals surface area contributed by atoms with Gasteiger partial charge >= 0.3 is 12.4 Å². The third-order valence-electron chi connectivity index (χ3n) is 5.44. The Bertz CT molecular complexity index is 1550. The molecule has 0 aliphatic rings. The minimum absolute atomic E-state index is 0.0371. The normalized spacial score (nSPS) is 11.7. The number of hydrogen-bond acceptors (Lipinski definition) is 6. The van der Waals surface area contributed by atoms with Gasteiger partial charge in [-0.3, -0.25) is 14.6 Å². The van der Waals surface area contributed by atoms with E-state index >= 15 is 0 Å². The summed E-state index contributed by atoms with van der Waals surface area (Å²) in [5.74, 6) is -1.19. The summed E-state index contributed by atoms with van der Waals surface area (Å²) in [5.41, 5.74) is -5.16. The molecule has 41 heavy (non-hydrogen) atoms. The first-order valence-corrected chi connectivity index (χ1v) is 11.9. The van der Waals surface area contributed by atoms with Crippen molar-refractivity contribution in [3.8, 4) is 17.2 Å². The molecule has 0 atom stereocenters. The van der Waals surface area contributed by atoms with Crippen LogP contribution in [0.25, 0.3) is 5.69 Å². The summed E-state index contributed by atoms with van der Waals surface area (Å²) in [7, 11) is 0. The molecule has 4 rings (SSSR count). The predicted molar refractivity (Wildman–Crippen MR) is 133 cm³/mol. The zero-order valence-corrected chi connectivity index (χ0v) is 21.0. The second-order valence-electron chi connectivity index (χ2n) is 8.42. The highest BCUT2D eigenvalue weighted by molar-refractivity contribution is 6.03. The standard InChI is InChI=1S/C26H20F6N6O3/c1-2-12-34-23(39)19-14-17(11-13-33-19)41-16-9-7-15(8-10-16)35-24(40)21-22(26(30,31)32)38(37-36-21)20-6-4-3-5-18(20)25(27,28)29/h3-11,13-14H,2,12H2,1H3,(H,34,39)(H,35,40). The number of anilines is 1. The Balaban J connectivity index is 1.54. The van der Waals surface area contributed by atoms with Crippen molar-refractivity contribution in [1.29, 1.82) is 0 Å². The number of para-hydroxylation sites is 1. The van der Waals surface area contributed by atoms with Gasteiger partial charge in [0, 0.05) is 24.5 Å². The molecule has 214 valence electrons. The Morgan fingerprint density at radius 2 is 1.61 bits per heavy atom. The summed E-state index contributed by atoms with van der Waals surface area (Å²) in [6, 6.07) is 11.8. The number of alkyl halides is 6. The molecule has 4 aromatic rings. The van der Waals surface area contributed by atoms with Crippen molar-refractivity contribution in [3.63, 3.8) is 0 Å². The predicted octanol–water partition coefficient (Wildman–Crippen LogP) is 5.88. The second kappa shape index (κ2) is 11.7. The smallest absolute Gasteiger partial charge is 0.435 e. The minimum atomic E-state index is -5.27. The highest BCUT2D eigenvalue weighted by Crippen LogP contribution is 2.38. The maximum Gasteiger partial charge on any atom is 0.435 e. The quantitative estimate of drug-likeness (QED) is 0.253. The number of aromatic nitrogens is 4. The molecule has 0 radical (unpaired) electrons. The van der Waals surface area contributed by atoms with Gasteiger partial charge in [-0.15, -0.1) is 5.10 Å². The van der Waals surface area contributed by atoms with Gasteiger partial charge < -0.3 is 15.4 Å². The fourth-order valence-corrected chi connectivity index (χ4v) is 3.62. The van der Waals surface area contributed by atoms with Gasteiger partial charge in [0.25, 0.3) is 11.8 Å². The van der Waals surface area contributed by atoms with Crippen molar-refractivity contribution >= 4 is 17.5 Å². The van der Waals surface area contributed by atoms with Crippen LogP contribution in [0.3, 0.4) is 0 Å². The van der Waals surface area contributed by atoms with Gasteiger partial charge in [-0.05, 0) is 48.9 Å². The number of carbonyl (C=O) groups is 2. The fraction of sp³-hybridized carbons (Fsp3) is 0.192. The van der Waals surface area contributed by atoms with Crippen molar-refractivity contribution in [3.05, 3.63) is 89.5 Å². The molecular formula is C26H20F6N6O3. The summed E-state index contributed by atoms with van der Waals surface area (Å²) in [6.45, 7) is 2.37. The van der Waals surface area contributed by atoms with E-state index in [0.29, 0.717) is 12.6 Å². The van der Waals surface area contributed by atoms with Crippen LogP contribution >= 0.6 is 0 Å². The Kier molecular flexibility index (Phi) is 8.26. The number of benzene rings is 2. The number of pyridine rings is 1. The number of carbonyl (C=O) groups excluding carboxylic acids is 2. The molecule has 0 fully saturated rings. The first-order chi connectivity index (χ1) is 19.4. The average Bonchev–Trinajstić information content (AvgIpc) is 3.39. The van der Waals surface area contributed by atoms with Crippen molar-refractivity contribution in [2.45, 2.75) is 25.7 Å². The van der Waals surface area contributed by atoms with Gasteiger partial charge in [0.2, 0.25) is 0 Å². The Morgan fingerprint density at radius 1 is 0.902 bits per heavy atom. The van der Waals surface area contributed by atoms with Crippen LogP contribution in [0.5, 0.6) is 11.5 Å². The Labute approximate surface area is 228 Å². The topological polar surface area (TPSA) is 111 Å². The fourth-order valence-electron chi connectivity index (χ4n) is 3.62. The van der Waals surface area contributed by atoms with Crippen LogP contribution in [0.4, 0.5) is 32.0 Å². The maximum absolute atomic E-state index is 13.9. The van der Waals surface area contributed by atoms with E-state index in [2.05, 4.69) is 25.9 Å². The lowest BCUT2D eigenvalue weighted by molar-refractivity contribution is -0.145. The van der Waals surface area contributed by atoms with E-state index in [9.17, 15) is 35.9 Å². The van der Waals surface area contributed by atoms with E-state index < -0.39 is 40.9 Å². The second-order valence-corrected chi connectivity index (χ2v) is 8.42. The van der Waals surface area contributed by atoms with E-state index in [0.717, 1.165) is 24.6 Å². The van der Waals surface area contributed by atoms with Crippen molar-refractivity contribution in [2.24, 2.45) is 0 Å². The zero-order chi connectivity index (χ0) is 29.8. The molecule has 0 aliphatic carbocycles. The lowest BCUT2D eigenvalue weighted by Crippen LogP contribution is -2.24. The van der Waals surface area contributed by atoms with Gasteiger partial charge in [-0.25, -0.2) is 4.68 Å². The average molecular weight is 578 g/mol. The van der Waals surface area contributed by atoms with Crippen LogP contribution in [0.15, 0.2) is 66.9 Å². The molecule has 2 aromatic heterocycles. The molecule has 2 N–H and O–H groups in total. The highest BCUT2D eigenvalue weighted by Gasteiger charge is 2.44. The van der Waals surface area contributed by atoms with Gasteiger partial charge in [-0.2, -0.15) is 26.3 Å². The summed E-state index contributed by atoms with van der Waals surface area (Å²) in [5, 5.41) is 11.4. The van der Waals surface area contributed by atoms with Gasteiger partial charge in [0.1, 0.15) is 17.2 Å². The van der Waals surface area contributed by atoms with Crippen LogP contribution in [0.2, 0.25) is 0 Å². The Hall–Kier alpha value is -4.95. The van der Waals surface area contributed by atoms with E-state index in [-0.39, 0.29) is 33.5 Å². The van der Waals surface area contributed by atoms with Gasteiger partial charge in [-0.1, -0.05) is 24.3 Å². The molecule has 2 heterocycles. The van der Waals surface area contributed by atoms with Crippen molar-refractivity contribution in [2.75, 3.05) is 11.9 Å². The lowest BCUT2D eigenvalue weighted by Gasteiger charge is -2.15. The SMILES string of the molecule is CCCNC(=O)c1cc(Oc2ccc(NC(=O)c3nnn(-c4ccccc4C(F)(F)F)c3C(F)(F)F)cc2)ccn1. The summed E-state index contributed by atoms with van der Waals surface area (Å²) in [4.78, 5) is 28.8. The number of ether oxygens (including phenoxy) is 1. The highest BCUT2D eigenvalue weighted by atomic mass is 19.4. The van der Waals surface area contributed by atoms with Crippen LogP contribution in [0, 0.1) is 0 Å². The Morgan fingerprint density at radius 3 is 2.27 bits per heavy atom. The molecule has 9 nitrogen and oxygen atoms in total. The lowest BCUT2D eigenvalue weighted by atomic mass is 10.1. The molecule has 0 spiro atoms. The summed E-state index contributed by atoms with van der Waals surface area (Å²) < 4.78 is 87.8. The first-order valence-electron chi connectivity index (χ1n) is 11.9. The van der Waals surface area contributed by atoms with E-state index in [1.807, 2.05) is 6.92 Å². The van der Waals surface area contributed by atoms with E-state index in [4.69, 9.17) is 4.74 Å². The molecule has 2 amide bonds. The molecule has 2 aromatic carbocycles. The molecule has 0 aliphatic heterocycles. The number of hydrogen-bond donors (Lipinski definition) is 2. The van der Waals surface area contributed by atoms with Crippen LogP contribution in [0.1, 0.15) is 45.6 Å². The maximum atomic E-state index is 13.9. The monoisotopic (exact) mass is 578 g/mol. The number of halogens is 6. The molecule has 0 unspecified atom stereocenters. The van der Waals surface area contributed by atoms with Gasteiger partial charge in [0.05, 0.1) is 11.3 Å². The molecule has 15 heteroatoms. The number of nitrogens with one attached hydrogen (secondary N) is 2. The van der Waals surface area contributed by atoms with Crippen molar-refractivity contribution < 1.29 is 40.7 Å². The van der Waals surface area contributed by atoms with E-state index in [1.54, 1.807) is 0 Å². The summed E-state index contributed by atoms with van der Waals surface area (Å²) >= 11 is 0. The third-order valence-corrected chi connectivity index (χ3v) is 5.44. The summed E-state index contributed by atoms with van der Waals surface area (Å²) in [6.07, 6.45) is -8.14. The molecule has 0 saturated heterocycles. The minimum Gasteiger partial charge on any atom is -0.457 e.